The average Bonchev–Trinajstić information content (AvgIpc) is 2.67. The predicted octanol–water partition coefficient (Wildman–Crippen LogP) is 1.67. The van der Waals surface area contributed by atoms with Crippen molar-refractivity contribution in [1.29, 1.82) is 0 Å². The molecule has 3 N–H and O–H groups in total. The van der Waals surface area contributed by atoms with Crippen molar-refractivity contribution in [1.82, 2.24) is 15.2 Å². The van der Waals surface area contributed by atoms with Crippen molar-refractivity contribution in [3.05, 3.63) is 59.2 Å². The highest BCUT2D eigenvalue weighted by atomic mass is 16.3. The summed E-state index contributed by atoms with van der Waals surface area (Å²) in [6, 6.07) is 12.8. The van der Waals surface area contributed by atoms with Gasteiger partial charge in [-0.05, 0) is 24.6 Å². The van der Waals surface area contributed by atoms with Crippen molar-refractivity contribution in [3.63, 3.8) is 0 Å². The van der Waals surface area contributed by atoms with Crippen LogP contribution in [0, 0.1) is 6.92 Å². The Bertz CT molecular complexity index is 828. The highest BCUT2D eigenvalue weighted by Gasteiger charge is 2.18. The van der Waals surface area contributed by atoms with Crippen molar-refractivity contribution in [3.8, 4) is 11.5 Å². The van der Waals surface area contributed by atoms with E-state index in [2.05, 4.69) is 51.5 Å². The molecule has 0 aliphatic carbocycles. The van der Waals surface area contributed by atoms with E-state index in [9.17, 15) is 15.0 Å². The van der Waals surface area contributed by atoms with Crippen LogP contribution in [0.2, 0.25) is 0 Å². The SMILES string of the molecule is Cc1ccc(CN2CCN(CC(=O)N/N=C\c3ccc(O)cc3O)CC2)cc1. The van der Waals surface area contributed by atoms with Crippen LogP contribution in [0.25, 0.3) is 0 Å². The number of rotatable bonds is 6. The summed E-state index contributed by atoms with van der Waals surface area (Å²) in [6.45, 7) is 6.82. The maximum Gasteiger partial charge on any atom is 0.254 e. The molecular formula is C21H26N4O3. The molecular weight excluding hydrogens is 356 g/mol. The Hall–Kier alpha value is -2.90. The molecule has 28 heavy (non-hydrogen) atoms. The van der Waals surface area contributed by atoms with Gasteiger partial charge in [0.1, 0.15) is 11.5 Å². The van der Waals surface area contributed by atoms with Gasteiger partial charge in [0.2, 0.25) is 0 Å². The Kier molecular flexibility index (Phi) is 6.62. The van der Waals surface area contributed by atoms with Crippen LogP contribution in [0.3, 0.4) is 0 Å². The van der Waals surface area contributed by atoms with E-state index < -0.39 is 0 Å². The maximum atomic E-state index is 12.1. The highest BCUT2D eigenvalue weighted by Crippen LogP contribution is 2.20. The van der Waals surface area contributed by atoms with Gasteiger partial charge in [-0.2, -0.15) is 5.10 Å². The third-order valence-corrected chi connectivity index (χ3v) is 4.77. The van der Waals surface area contributed by atoms with Crippen molar-refractivity contribution in [2.45, 2.75) is 13.5 Å². The van der Waals surface area contributed by atoms with Gasteiger partial charge < -0.3 is 10.2 Å². The molecule has 7 nitrogen and oxygen atoms in total. The monoisotopic (exact) mass is 382 g/mol. The quantitative estimate of drug-likeness (QED) is 0.523. The first-order valence-corrected chi connectivity index (χ1v) is 9.34. The molecule has 0 aromatic heterocycles. The molecule has 1 saturated heterocycles. The molecule has 1 amide bonds. The van der Waals surface area contributed by atoms with E-state index >= 15 is 0 Å². The predicted molar refractivity (Wildman–Crippen MR) is 108 cm³/mol. The minimum Gasteiger partial charge on any atom is -0.508 e. The number of hydrazone groups is 1. The molecule has 3 rings (SSSR count). The zero-order valence-corrected chi connectivity index (χ0v) is 16.0. The van der Waals surface area contributed by atoms with Crippen molar-refractivity contribution in [2.24, 2.45) is 5.10 Å². The lowest BCUT2D eigenvalue weighted by Crippen LogP contribution is -2.48. The Morgan fingerprint density at radius 1 is 1.07 bits per heavy atom. The molecule has 0 atom stereocenters. The lowest BCUT2D eigenvalue weighted by molar-refractivity contribution is -0.122. The van der Waals surface area contributed by atoms with Gasteiger partial charge in [0.25, 0.3) is 5.91 Å². The molecule has 0 radical (unpaired) electrons. The number of carbonyl (C=O) groups is 1. The number of piperazine rings is 1. The van der Waals surface area contributed by atoms with Crippen LogP contribution in [0.15, 0.2) is 47.6 Å². The summed E-state index contributed by atoms with van der Waals surface area (Å²) in [4.78, 5) is 16.6. The standard InChI is InChI=1S/C21H26N4O3/c1-16-2-4-17(5-3-16)14-24-8-10-25(11-9-24)15-21(28)23-22-13-18-6-7-19(26)12-20(18)27/h2-7,12-13,26-27H,8-11,14-15H2,1H3,(H,23,28)/b22-13-. The van der Waals surface area contributed by atoms with Gasteiger partial charge in [0.15, 0.2) is 0 Å². The molecule has 1 heterocycles. The lowest BCUT2D eigenvalue weighted by Gasteiger charge is -2.34. The van der Waals surface area contributed by atoms with Crippen LogP contribution in [-0.4, -0.2) is 64.9 Å². The fourth-order valence-electron chi connectivity index (χ4n) is 3.11. The maximum absolute atomic E-state index is 12.1. The number of benzene rings is 2. The topological polar surface area (TPSA) is 88.4 Å². The Morgan fingerprint density at radius 2 is 1.75 bits per heavy atom. The summed E-state index contributed by atoms with van der Waals surface area (Å²) >= 11 is 0. The van der Waals surface area contributed by atoms with Gasteiger partial charge in [0, 0.05) is 44.4 Å². The number of phenols is 2. The van der Waals surface area contributed by atoms with Gasteiger partial charge in [-0.1, -0.05) is 29.8 Å². The van der Waals surface area contributed by atoms with Crippen molar-refractivity contribution in [2.75, 3.05) is 32.7 Å². The molecule has 0 bridgehead atoms. The minimum absolute atomic E-state index is 0.0276. The molecule has 1 aliphatic heterocycles. The molecule has 0 saturated carbocycles. The highest BCUT2D eigenvalue weighted by molar-refractivity contribution is 5.85. The van der Waals surface area contributed by atoms with Crippen LogP contribution in [0.1, 0.15) is 16.7 Å². The first kappa shape index (κ1) is 19.9. The number of nitrogens with zero attached hydrogens (tertiary/aromatic N) is 3. The van der Waals surface area contributed by atoms with Gasteiger partial charge in [-0.3, -0.25) is 14.6 Å². The second-order valence-electron chi connectivity index (χ2n) is 7.07. The molecule has 2 aromatic carbocycles. The molecule has 148 valence electrons. The van der Waals surface area contributed by atoms with E-state index in [1.807, 2.05) is 0 Å². The van der Waals surface area contributed by atoms with Crippen LogP contribution >= 0.6 is 0 Å². The van der Waals surface area contributed by atoms with E-state index in [1.165, 1.54) is 35.5 Å². The first-order chi connectivity index (χ1) is 13.5. The van der Waals surface area contributed by atoms with Crippen LogP contribution in [0.5, 0.6) is 11.5 Å². The number of nitrogens with one attached hydrogen (secondary N) is 1. The number of aromatic hydroxyl groups is 2. The van der Waals surface area contributed by atoms with E-state index in [-0.39, 0.29) is 24.0 Å². The molecule has 0 unspecified atom stereocenters. The normalized spacial score (nSPS) is 15.8. The molecule has 0 spiro atoms. The fourth-order valence-corrected chi connectivity index (χ4v) is 3.11. The third kappa shape index (κ3) is 5.80. The number of amides is 1. The van der Waals surface area contributed by atoms with E-state index in [1.54, 1.807) is 0 Å². The molecule has 1 fully saturated rings. The second-order valence-corrected chi connectivity index (χ2v) is 7.07. The Labute approximate surface area is 164 Å². The van der Waals surface area contributed by atoms with Gasteiger partial charge >= 0.3 is 0 Å². The van der Waals surface area contributed by atoms with Gasteiger partial charge in [-0.15, -0.1) is 0 Å². The summed E-state index contributed by atoms with van der Waals surface area (Å²) in [6.07, 6.45) is 1.35. The van der Waals surface area contributed by atoms with Crippen LogP contribution < -0.4 is 5.43 Å². The number of hydrogen-bond acceptors (Lipinski definition) is 6. The largest absolute Gasteiger partial charge is 0.508 e. The number of aryl methyl sites for hydroxylation is 1. The zero-order chi connectivity index (χ0) is 19.9. The summed E-state index contributed by atoms with van der Waals surface area (Å²) in [5.74, 6) is -0.315. The Morgan fingerprint density at radius 3 is 2.43 bits per heavy atom. The van der Waals surface area contributed by atoms with E-state index in [0.29, 0.717) is 5.56 Å². The van der Waals surface area contributed by atoms with Crippen LogP contribution in [-0.2, 0) is 11.3 Å². The summed E-state index contributed by atoms with van der Waals surface area (Å²) in [5, 5.41) is 22.8. The molecule has 2 aromatic rings. The summed E-state index contributed by atoms with van der Waals surface area (Å²) in [5.41, 5.74) is 5.47. The lowest BCUT2D eigenvalue weighted by atomic mass is 10.1. The molecule has 1 aliphatic rings. The zero-order valence-electron chi connectivity index (χ0n) is 16.0. The summed E-state index contributed by atoms with van der Waals surface area (Å²) in [7, 11) is 0. The van der Waals surface area contributed by atoms with Crippen molar-refractivity contribution < 1.29 is 15.0 Å². The van der Waals surface area contributed by atoms with Crippen molar-refractivity contribution >= 4 is 12.1 Å². The number of carbonyl (C=O) groups excluding carboxylic acids is 1. The second kappa shape index (κ2) is 9.34. The first-order valence-electron chi connectivity index (χ1n) is 9.34. The average molecular weight is 382 g/mol. The smallest absolute Gasteiger partial charge is 0.254 e. The number of phenolic OH excluding ortho intramolecular Hbond substituents is 2. The minimum atomic E-state index is -0.193. The number of hydrogen-bond donors (Lipinski definition) is 3. The third-order valence-electron chi connectivity index (χ3n) is 4.77. The van der Waals surface area contributed by atoms with Gasteiger partial charge in [0.05, 0.1) is 12.8 Å². The van der Waals surface area contributed by atoms with Gasteiger partial charge in [-0.25, -0.2) is 5.43 Å². The van der Waals surface area contributed by atoms with Crippen LogP contribution in [0.4, 0.5) is 0 Å². The molecule has 7 heteroatoms. The fraction of sp³-hybridized carbons (Fsp3) is 0.333. The van der Waals surface area contributed by atoms with E-state index in [4.69, 9.17) is 0 Å². The van der Waals surface area contributed by atoms with E-state index in [0.717, 1.165) is 32.7 Å². The Balaban J connectivity index is 1.39. The summed E-state index contributed by atoms with van der Waals surface area (Å²) < 4.78 is 0.